The van der Waals surface area contributed by atoms with Crippen LogP contribution in [0.3, 0.4) is 0 Å². The van der Waals surface area contributed by atoms with Crippen molar-refractivity contribution < 1.29 is 14.7 Å². The number of carboxylic acids is 1. The molecule has 21 heavy (non-hydrogen) atoms. The summed E-state index contributed by atoms with van der Waals surface area (Å²) in [5.41, 5.74) is 1.43. The highest BCUT2D eigenvalue weighted by Crippen LogP contribution is 2.22. The Labute approximate surface area is 135 Å². The van der Waals surface area contributed by atoms with E-state index in [0.717, 1.165) is 16.9 Å². The summed E-state index contributed by atoms with van der Waals surface area (Å²) in [6, 6.07) is 9.03. The smallest absolute Gasteiger partial charge is 0.348 e. The number of amides is 1. The normalized spacial score (nSPS) is 10.3. The molecule has 1 amide bonds. The maximum atomic E-state index is 11.8. The minimum atomic E-state index is -1.03. The Bertz CT molecular complexity index is 640. The molecule has 0 bridgehead atoms. The molecular formula is C14H12ClNO3S2. The molecule has 1 aromatic carbocycles. The number of aromatic carboxylic acids is 1. The van der Waals surface area contributed by atoms with Gasteiger partial charge >= 0.3 is 5.97 Å². The molecule has 0 saturated heterocycles. The van der Waals surface area contributed by atoms with Crippen LogP contribution in [0.25, 0.3) is 0 Å². The summed E-state index contributed by atoms with van der Waals surface area (Å²) in [7, 11) is 0. The van der Waals surface area contributed by atoms with Crippen molar-refractivity contribution in [2.24, 2.45) is 0 Å². The second-order valence-electron chi connectivity index (χ2n) is 4.14. The average molecular weight is 342 g/mol. The Morgan fingerprint density at radius 3 is 2.62 bits per heavy atom. The Morgan fingerprint density at radius 1 is 1.24 bits per heavy atom. The van der Waals surface area contributed by atoms with Gasteiger partial charge in [-0.15, -0.1) is 23.1 Å². The van der Waals surface area contributed by atoms with Crippen molar-refractivity contribution in [2.75, 3.05) is 11.1 Å². The highest BCUT2D eigenvalue weighted by molar-refractivity contribution is 7.99. The van der Waals surface area contributed by atoms with Crippen molar-refractivity contribution in [2.45, 2.75) is 5.75 Å². The maximum Gasteiger partial charge on any atom is 0.348 e. The van der Waals surface area contributed by atoms with E-state index in [9.17, 15) is 9.59 Å². The highest BCUT2D eigenvalue weighted by Gasteiger charge is 2.13. The molecule has 0 radical (unpaired) electrons. The molecule has 1 aromatic heterocycles. The van der Waals surface area contributed by atoms with Crippen LogP contribution in [0.5, 0.6) is 0 Å². The third-order valence-corrected chi connectivity index (χ3v) is 4.71. The van der Waals surface area contributed by atoms with Crippen molar-refractivity contribution in [3.05, 3.63) is 51.2 Å². The van der Waals surface area contributed by atoms with Gasteiger partial charge in [0.25, 0.3) is 0 Å². The number of carboxylic acid groups (broad SMARTS) is 1. The molecule has 2 aromatic rings. The predicted octanol–water partition coefficient (Wildman–Crippen LogP) is 3.97. The zero-order valence-electron chi connectivity index (χ0n) is 10.8. The van der Waals surface area contributed by atoms with Gasteiger partial charge < -0.3 is 10.4 Å². The van der Waals surface area contributed by atoms with E-state index in [1.807, 2.05) is 24.3 Å². The van der Waals surface area contributed by atoms with E-state index in [-0.39, 0.29) is 16.5 Å². The lowest BCUT2D eigenvalue weighted by molar-refractivity contribution is -0.113. The molecule has 2 N–H and O–H groups in total. The second-order valence-corrected chi connectivity index (χ2v) is 6.47. The van der Waals surface area contributed by atoms with Gasteiger partial charge in [0.05, 0.1) is 11.4 Å². The van der Waals surface area contributed by atoms with E-state index in [2.05, 4.69) is 5.32 Å². The summed E-state index contributed by atoms with van der Waals surface area (Å²) in [6.07, 6.45) is 0. The molecule has 0 saturated carbocycles. The molecule has 1 heterocycles. The van der Waals surface area contributed by atoms with Crippen molar-refractivity contribution in [1.82, 2.24) is 0 Å². The molecular weight excluding hydrogens is 330 g/mol. The van der Waals surface area contributed by atoms with Crippen LogP contribution in [0, 0.1) is 0 Å². The number of thioether (sulfide) groups is 1. The fraction of sp³-hybridized carbons (Fsp3) is 0.143. The van der Waals surface area contributed by atoms with Crippen LogP contribution in [-0.2, 0) is 10.5 Å². The van der Waals surface area contributed by atoms with Crippen molar-refractivity contribution >= 4 is 52.3 Å². The van der Waals surface area contributed by atoms with Gasteiger partial charge in [0, 0.05) is 10.8 Å². The van der Waals surface area contributed by atoms with Crippen molar-refractivity contribution in [3.8, 4) is 0 Å². The first-order valence-electron chi connectivity index (χ1n) is 5.99. The van der Waals surface area contributed by atoms with Crippen LogP contribution in [0.4, 0.5) is 5.69 Å². The lowest BCUT2D eigenvalue weighted by Crippen LogP contribution is -2.15. The third-order valence-electron chi connectivity index (χ3n) is 2.55. The number of halogens is 1. The van der Waals surface area contributed by atoms with Gasteiger partial charge in [-0.1, -0.05) is 23.7 Å². The van der Waals surface area contributed by atoms with E-state index in [0.29, 0.717) is 16.5 Å². The molecule has 0 aliphatic heterocycles. The molecule has 0 fully saturated rings. The van der Waals surface area contributed by atoms with Crippen molar-refractivity contribution in [3.63, 3.8) is 0 Å². The zero-order valence-corrected chi connectivity index (χ0v) is 13.2. The molecule has 0 spiro atoms. The second kappa shape index (κ2) is 7.49. The first-order valence-corrected chi connectivity index (χ1v) is 8.40. The van der Waals surface area contributed by atoms with Gasteiger partial charge in [-0.05, 0) is 29.1 Å². The molecule has 4 nitrogen and oxygen atoms in total. The number of benzene rings is 1. The lowest BCUT2D eigenvalue weighted by Gasteiger charge is -2.05. The van der Waals surface area contributed by atoms with Crippen LogP contribution in [-0.4, -0.2) is 22.7 Å². The number of hydrogen-bond acceptors (Lipinski definition) is 4. The molecule has 0 aliphatic rings. The van der Waals surface area contributed by atoms with E-state index < -0.39 is 5.97 Å². The summed E-state index contributed by atoms with van der Waals surface area (Å²) in [6.45, 7) is 0. The molecule has 0 atom stereocenters. The highest BCUT2D eigenvalue weighted by atomic mass is 35.5. The summed E-state index contributed by atoms with van der Waals surface area (Å²) in [4.78, 5) is 22.9. The van der Waals surface area contributed by atoms with Crippen LogP contribution in [0.1, 0.15) is 15.2 Å². The molecule has 0 aliphatic carbocycles. The minimum Gasteiger partial charge on any atom is -0.477 e. The van der Waals surface area contributed by atoms with E-state index in [1.54, 1.807) is 11.4 Å². The monoisotopic (exact) mass is 341 g/mol. The average Bonchev–Trinajstić information content (AvgIpc) is 2.89. The van der Waals surface area contributed by atoms with Crippen LogP contribution >= 0.6 is 34.7 Å². The SMILES string of the molecule is O=C(CSCc1ccc(Cl)cc1)Nc1ccsc1C(=O)O. The van der Waals surface area contributed by atoms with Crippen LogP contribution in [0.15, 0.2) is 35.7 Å². The van der Waals surface area contributed by atoms with E-state index in [4.69, 9.17) is 16.7 Å². The third kappa shape index (κ3) is 4.77. The van der Waals surface area contributed by atoms with Crippen LogP contribution in [0.2, 0.25) is 5.02 Å². The van der Waals surface area contributed by atoms with Crippen LogP contribution < -0.4 is 5.32 Å². The summed E-state index contributed by atoms with van der Waals surface area (Å²) in [5.74, 6) is -0.290. The predicted molar refractivity (Wildman–Crippen MR) is 87.5 cm³/mol. The largest absolute Gasteiger partial charge is 0.477 e. The first kappa shape index (κ1) is 15.9. The van der Waals surface area contributed by atoms with Gasteiger partial charge in [0.15, 0.2) is 0 Å². The molecule has 7 heteroatoms. The van der Waals surface area contributed by atoms with E-state index >= 15 is 0 Å². The van der Waals surface area contributed by atoms with Gasteiger partial charge in [0.1, 0.15) is 4.88 Å². The summed E-state index contributed by atoms with van der Waals surface area (Å²) in [5, 5.41) is 13.9. The van der Waals surface area contributed by atoms with Gasteiger partial charge in [-0.3, -0.25) is 4.79 Å². The van der Waals surface area contributed by atoms with Gasteiger partial charge in [0.2, 0.25) is 5.91 Å². The first-order chi connectivity index (χ1) is 10.1. The number of carbonyl (C=O) groups is 2. The number of anilines is 1. The number of rotatable bonds is 6. The maximum absolute atomic E-state index is 11.8. The Kier molecular flexibility index (Phi) is 5.67. The van der Waals surface area contributed by atoms with Gasteiger partial charge in [-0.25, -0.2) is 4.79 Å². The Balaban J connectivity index is 1.81. The quantitative estimate of drug-likeness (QED) is 0.834. The molecule has 2 rings (SSSR count). The zero-order chi connectivity index (χ0) is 15.2. The lowest BCUT2D eigenvalue weighted by atomic mass is 10.2. The fourth-order valence-corrected chi connectivity index (χ4v) is 3.20. The summed E-state index contributed by atoms with van der Waals surface area (Å²) < 4.78 is 0. The van der Waals surface area contributed by atoms with Crippen molar-refractivity contribution in [1.29, 1.82) is 0 Å². The minimum absolute atomic E-state index is 0.144. The fourth-order valence-electron chi connectivity index (χ4n) is 1.60. The standard InChI is InChI=1S/C14H12ClNO3S2/c15-10-3-1-9(2-4-10)7-20-8-12(17)16-11-5-6-21-13(11)14(18)19/h1-6H,7-8H2,(H,16,17)(H,18,19). The number of nitrogens with one attached hydrogen (secondary N) is 1. The topological polar surface area (TPSA) is 66.4 Å². The molecule has 0 unspecified atom stereocenters. The number of carbonyl (C=O) groups excluding carboxylic acids is 1. The number of thiophene rings is 1. The molecule has 110 valence electrons. The Morgan fingerprint density at radius 2 is 1.95 bits per heavy atom. The van der Waals surface area contributed by atoms with Gasteiger partial charge in [-0.2, -0.15) is 0 Å². The Hall–Kier alpha value is -1.50. The number of hydrogen-bond donors (Lipinski definition) is 2. The summed E-state index contributed by atoms with van der Waals surface area (Å²) >= 11 is 8.34. The van der Waals surface area contributed by atoms with E-state index in [1.165, 1.54) is 11.8 Å².